The Balaban J connectivity index is 3.31. The van der Waals surface area contributed by atoms with Crippen LogP contribution in [0.2, 0.25) is 0 Å². The molecule has 1 aromatic rings. The fourth-order valence-electron chi connectivity index (χ4n) is 1.28. The molecule has 0 unspecified atom stereocenters. The van der Waals surface area contributed by atoms with Gasteiger partial charge in [-0.2, -0.15) is 26.3 Å². The van der Waals surface area contributed by atoms with E-state index in [0.29, 0.717) is 12.1 Å². The molecule has 1 N–H and O–H groups in total. The van der Waals surface area contributed by atoms with Crippen molar-refractivity contribution in [1.29, 1.82) is 0 Å². The first-order valence-electron chi connectivity index (χ1n) is 5.04. The lowest BCUT2D eigenvalue weighted by molar-refractivity contribution is -0.143. The Morgan fingerprint density at radius 1 is 1.00 bits per heavy atom. The maximum absolute atomic E-state index is 12.6. The van der Waals surface area contributed by atoms with Gasteiger partial charge in [0.1, 0.15) is 0 Å². The van der Waals surface area contributed by atoms with Gasteiger partial charge >= 0.3 is 12.4 Å². The van der Waals surface area contributed by atoms with E-state index in [1.165, 1.54) is 0 Å². The van der Waals surface area contributed by atoms with Gasteiger partial charge in [-0.15, -0.1) is 0 Å². The normalized spacial score (nSPS) is 11.9. The van der Waals surface area contributed by atoms with E-state index in [1.807, 2.05) is 0 Å². The highest BCUT2D eigenvalue weighted by atomic mass is 19.4. The van der Waals surface area contributed by atoms with Crippen LogP contribution in [0.5, 0.6) is 0 Å². The molecule has 0 aliphatic heterocycles. The summed E-state index contributed by atoms with van der Waals surface area (Å²) < 4.78 is 75.0. The van der Waals surface area contributed by atoms with Crippen molar-refractivity contribution >= 4 is 0 Å². The SMILES string of the molecule is OCCC#Cc1ccc(C(F)(F)F)cc1C(F)(F)F. The Labute approximate surface area is 104 Å². The number of alkyl halides is 6. The summed E-state index contributed by atoms with van der Waals surface area (Å²) >= 11 is 0. The van der Waals surface area contributed by atoms with E-state index in [4.69, 9.17) is 5.11 Å². The Bertz CT molecular complexity index is 504. The minimum Gasteiger partial charge on any atom is -0.395 e. The van der Waals surface area contributed by atoms with Crippen molar-refractivity contribution in [1.82, 2.24) is 0 Å². The van der Waals surface area contributed by atoms with Crippen molar-refractivity contribution in [3.05, 3.63) is 34.9 Å². The van der Waals surface area contributed by atoms with Gasteiger partial charge in [-0.25, -0.2) is 0 Å². The van der Waals surface area contributed by atoms with E-state index in [0.717, 1.165) is 0 Å². The predicted octanol–water partition coefficient (Wildman–Crippen LogP) is 3.46. The average Bonchev–Trinajstić information content (AvgIpc) is 2.27. The van der Waals surface area contributed by atoms with Gasteiger partial charge in [-0.05, 0) is 18.2 Å². The molecule has 0 aromatic heterocycles. The fourth-order valence-corrected chi connectivity index (χ4v) is 1.28. The molecule has 104 valence electrons. The summed E-state index contributed by atoms with van der Waals surface area (Å²) in [6.45, 7) is -0.338. The number of halogens is 6. The number of aliphatic hydroxyl groups is 1. The van der Waals surface area contributed by atoms with Crippen LogP contribution < -0.4 is 0 Å². The zero-order valence-corrected chi connectivity index (χ0v) is 9.36. The monoisotopic (exact) mass is 282 g/mol. The first-order chi connectivity index (χ1) is 8.66. The van der Waals surface area contributed by atoms with E-state index in [-0.39, 0.29) is 19.1 Å². The summed E-state index contributed by atoms with van der Waals surface area (Å²) in [4.78, 5) is 0. The van der Waals surface area contributed by atoms with Crippen LogP contribution in [-0.2, 0) is 12.4 Å². The number of benzene rings is 1. The van der Waals surface area contributed by atoms with Crippen LogP contribution in [0, 0.1) is 11.8 Å². The molecular formula is C12H8F6O. The molecule has 0 aliphatic carbocycles. The molecule has 1 rings (SSSR count). The van der Waals surface area contributed by atoms with Crippen LogP contribution in [-0.4, -0.2) is 11.7 Å². The maximum atomic E-state index is 12.6. The summed E-state index contributed by atoms with van der Waals surface area (Å²) in [6.07, 6.45) is -9.83. The second kappa shape index (κ2) is 5.53. The molecule has 0 radical (unpaired) electrons. The first kappa shape index (κ1) is 15.4. The molecule has 0 saturated heterocycles. The summed E-state index contributed by atoms with van der Waals surface area (Å²) in [5, 5.41) is 8.45. The van der Waals surface area contributed by atoms with Gasteiger partial charge in [0, 0.05) is 12.0 Å². The van der Waals surface area contributed by atoms with Gasteiger partial charge in [0.25, 0.3) is 0 Å². The van der Waals surface area contributed by atoms with Crippen LogP contribution in [0.1, 0.15) is 23.1 Å². The van der Waals surface area contributed by atoms with Crippen molar-refractivity contribution in [2.45, 2.75) is 18.8 Å². The third kappa shape index (κ3) is 4.17. The third-order valence-corrected chi connectivity index (χ3v) is 2.11. The standard InChI is InChI=1S/C12H8F6O/c13-11(14,15)9-5-4-8(3-1-2-6-19)10(7-9)12(16,17)18/h4-5,7,19H,2,6H2. The van der Waals surface area contributed by atoms with E-state index >= 15 is 0 Å². The summed E-state index contributed by atoms with van der Waals surface area (Å²) in [5.74, 6) is 4.34. The Hall–Kier alpha value is -1.68. The lowest BCUT2D eigenvalue weighted by Crippen LogP contribution is -2.12. The molecular weight excluding hydrogens is 274 g/mol. The molecule has 0 saturated carbocycles. The highest BCUT2D eigenvalue weighted by molar-refractivity contribution is 5.45. The van der Waals surface area contributed by atoms with Crippen molar-refractivity contribution in [3.8, 4) is 11.8 Å². The van der Waals surface area contributed by atoms with Gasteiger partial charge in [0.05, 0.1) is 17.7 Å². The highest BCUT2D eigenvalue weighted by Gasteiger charge is 2.37. The van der Waals surface area contributed by atoms with Gasteiger partial charge in [0.2, 0.25) is 0 Å². The van der Waals surface area contributed by atoms with Gasteiger partial charge < -0.3 is 5.11 Å². The first-order valence-corrected chi connectivity index (χ1v) is 5.04. The smallest absolute Gasteiger partial charge is 0.395 e. The molecule has 19 heavy (non-hydrogen) atoms. The van der Waals surface area contributed by atoms with Crippen LogP contribution >= 0.6 is 0 Å². The maximum Gasteiger partial charge on any atom is 0.417 e. The molecule has 0 aliphatic rings. The van der Waals surface area contributed by atoms with Crippen LogP contribution in [0.3, 0.4) is 0 Å². The Kier molecular flexibility index (Phi) is 4.48. The summed E-state index contributed by atoms with van der Waals surface area (Å²) in [5.41, 5.74) is -3.37. The van der Waals surface area contributed by atoms with Gasteiger partial charge in [0.15, 0.2) is 0 Å². The number of hydrogen-bond donors (Lipinski definition) is 1. The lowest BCUT2D eigenvalue weighted by atomic mass is 10.0. The van der Waals surface area contributed by atoms with Gasteiger partial charge in [-0.1, -0.05) is 11.8 Å². The minimum absolute atomic E-state index is 0.0307. The van der Waals surface area contributed by atoms with Crippen molar-refractivity contribution < 1.29 is 31.4 Å². The molecule has 0 amide bonds. The fraction of sp³-hybridized carbons (Fsp3) is 0.333. The van der Waals surface area contributed by atoms with Crippen LogP contribution in [0.15, 0.2) is 18.2 Å². The molecule has 0 atom stereocenters. The number of aliphatic hydroxyl groups excluding tert-OH is 1. The molecule has 0 fully saturated rings. The zero-order chi connectivity index (χ0) is 14.7. The Morgan fingerprint density at radius 2 is 1.63 bits per heavy atom. The molecule has 1 aromatic carbocycles. The Morgan fingerprint density at radius 3 is 2.11 bits per heavy atom. The summed E-state index contributed by atoms with van der Waals surface area (Å²) in [7, 11) is 0. The summed E-state index contributed by atoms with van der Waals surface area (Å²) in [6, 6.07) is 1.25. The van der Waals surface area contributed by atoms with Crippen molar-refractivity contribution in [2.24, 2.45) is 0 Å². The lowest BCUT2D eigenvalue weighted by Gasteiger charge is -2.13. The van der Waals surface area contributed by atoms with Crippen molar-refractivity contribution in [3.63, 3.8) is 0 Å². The molecule has 1 nitrogen and oxygen atoms in total. The molecule has 0 heterocycles. The second-order valence-corrected chi connectivity index (χ2v) is 3.53. The highest BCUT2D eigenvalue weighted by Crippen LogP contribution is 2.36. The van der Waals surface area contributed by atoms with Gasteiger partial charge in [-0.3, -0.25) is 0 Å². The minimum atomic E-state index is -4.93. The quantitative estimate of drug-likeness (QED) is 0.618. The zero-order valence-electron chi connectivity index (χ0n) is 9.36. The average molecular weight is 282 g/mol. The molecule has 7 heteroatoms. The van der Waals surface area contributed by atoms with E-state index in [9.17, 15) is 26.3 Å². The van der Waals surface area contributed by atoms with E-state index < -0.39 is 29.0 Å². The largest absolute Gasteiger partial charge is 0.417 e. The molecule has 0 bridgehead atoms. The molecule has 0 spiro atoms. The third-order valence-electron chi connectivity index (χ3n) is 2.11. The van der Waals surface area contributed by atoms with E-state index in [1.54, 1.807) is 0 Å². The van der Waals surface area contributed by atoms with Crippen LogP contribution in [0.25, 0.3) is 0 Å². The number of rotatable bonds is 1. The van der Waals surface area contributed by atoms with Crippen LogP contribution in [0.4, 0.5) is 26.3 Å². The predicted molar refractivity (Wildman–Crippen MR) is 55.0 cm³/mol. The number of hydrogen-bond acceptors (Lipinski definition) is 1. The van der Waals surface area contributed by atoms with E-state index in [2.05, 4.69) is 11.8 Å². The second-order valence-electron chi connectivity index (χ2n) is 3.53. The van der Waals surface area contributed by atoms with Crippen molar-refractivity contribution in [2.75, 3.05) is 6.61 Å². The topological polar surface area (TPSA) is 20.2 Å².